The highest BCUT2D eigenvalue weighted by Crippen LogP contribution is 2.10. The summed E-state index contributed by atoms with van der Waals surface area (Å²) in [6.07, 6.45) is 0. The molecule has 0 saturated carbocycles. The third-order valence-corrected chi connectivity index (χ3v) is 3.61. The van der Waals surface area contributed by atoms with E-state index in [-0.39, 0.29) is 30.0 Å². The molecule has 0 heterocycles. The molecule has 2 aromatic rings. The number of halogens is 1. The maximum Gasteiger partial charge on any atom is 0.191 e. The Morgan fingerprint density at radius 3 is 2.32 bits per heavy atom. The molecule has 2 rings (SSSR count). The highest BCUT2D eigenvalue weighted by molar-refractivity contribution is 14.0. The molecule has 1 unspecified atom stereocenters. The first-order valence-electron chi connectivity index (χ1n) is 8.51. The van der Waals surface area contributed by atoms with Crippen LogP contribution in [0.25, 0.3) is 0 Å². The second-order valence-corrected chi connectivity index (χ2v) is 5.58. The molecule has 0 aliphatic heterocycles. The standard InChI is InChI=1S/C20H27N3O.HI/c1-3-21-20(23-17(2)19-12-8-5-9-13-19)22-14-15-24-16-18-10-6-4-7-11-18;/h4-13,17H,3,14-16H2,1-2H3,(H2,21,22,23);1H. The van der Waals surface area contributed by atoms with E-state index >= 15 is 0 Å². The summed E-state index contributed by atoms with van der Waals surface area (Å²) in [6, 6.07) is 20.7. The van der Waals surface area contributed by atoms with Crippen LogP contribution in [0.5, 0.6) is 0 Å². The molecule has 0 radical (unpaired) electrons. The van der Waals surface area contributed by atoms with Crippen LogP contribution < -0.4 is 10.6 Å². The molecule has 4 nitrogen and oxygen atoms in total. The largest absolute Gasteiger partial charge is 0.375 e. The van der Waals surface area contributed by atoms with E-state index in [9.17, 15) is 0 Å². The predicted molar refractivity (Wildman–Crippen MR) is 115 cm³/mol. The molecule has 0 bridgehead atoms. The van der Waals surface area contributed by atoms with Crippen LogP contribution in [0.2, 0.25) is 0 Å². The lowest BCUT2D eigenvalue weighted by Crippen LogP contribution is -2.39. The molecule has 0 aliphatic rings. The minimum Gasteiger partial charge on any atom is -0.375 e. The zero-order chi connectivity index (χ0) is 17.0. The molecule has 2 aromatic carbocycles. The van der Waals surface area contributed by atoms with E-state index in [2.05, 4.69) is 65.9 Å². The van der Waals surface area contributed by atoms with Crippen LogP contribution >= 0.6 is 24.0 Å². The normalized spacial score (nSPS) is 12.2. The Morgan fingerprint density at radius 1 is 1.04 bits per heavy atom. The first-order valence-corrected chi connectivity index (χ1v) is 8.51. The number of guanidine groups is 1. The Hall–Kier alpha value is -1.60. The van der Waals surface area contributed by atoms with Crippen LogP contribution in [0.15, 0.2) is 65.7 Å². The molecule has 0 spiro atoms. The fraction of sp³-hybridized carbons (Fsp3) is 0.350. The second kappa shape index (κ2) is 12.7. The van der Waals surface area contributed by atoms with Crippen LogP contribution in [-0.2, 0) is 11.3 Å². The number of nitrogens with one attached hydrogen (secondary N) is 2. The van der Waals surface area contributed by atoms with Crippen molar-refractivity contribution in [2.75, 3.05) is 19.7 Å². The summed E-state index contributed by atoms with van der Waals surface area (Å²) in [7, 11) is 0. The van der Waals surface area contributed by atoms with E-state index in [0.717, 1.165) is 12.5 Å². The number of nitrogens with zero attached hydrogens (tertiary/aromatic N) is 1. The molecule has 0 aromatic heterocycles. The van der Waals surface area contributed by atoms with Gasteiger partial charge in [-0.15, -0.1) is 24.0 Å². The second-order valence-electron chi connectivity index (χ2n) is 5.58. The van der Waals surface area contributed by atoms with E-state index in [1.165, 1.54) is 11.1 Å². The molecule has 0 fully saturated rings. The van der Waals surface area contributed by atoms with Crippen LogP contribution in [0.3, 0.4) is 0 Å². The monoisotopic (exact) mass is 453 g/mol. The van der Waals surface area contributed by atoms with Gasteiger partial charge in [0.25, 0.3) is 0 Å². The van der Waals surface area contributed by atoms with Crippen molar-refractivity contribution < 1.29 is 4.74 Å². The number of benzene rings is 2. The van der Waals surface area contributed by atoms with Crippen molar-refractivity contribution in [3.8, 4) is 0 Å². The average molecular weight is 453 g/mol. The summed E-state index contributed by atoms with van der Waals surface area (Å²) in [4.78, 5) is 4.58. The molecular formula is C20H28IN3O. The summed E-state index contributed by atoms with van der Waals surface area (Å²) < 4.78 is 5.68. The molecule has 25 heavy (non-hydrogen) atoms. The summed E-state index contributed by atoms with van der Waals surface area (Å²) >= 11 is 0. The van der Waals surface area contributed by atoms with E-state index in [4.69, 9.17) is 4.74 Å². The Kier molecular flexibility index (Phi) is 10.9. The SMILES string of the molecule is CCNC(=NCCOCc1ccccc1)NC(C)c1ccccc1.I. The Bertz CT molecular complexity index is 605. The van der Waals surface area contributed by atoms with Crippen molar-refractivity contribution in [3.63, 3.8) is 0 Å². The Labute approximate surface area is 168 Å². The van der Waals surface area contributed by atoms with Crippen molar-refractivity contribution in [1.82, 2.24) is 10.6 Å². The van der Waals surface area contributed by atoms with Gasteiger partial charge < -0.3 is 15.4 Å². The van der Waals surface area contributed by atoms with Gasteiger partial charge in [-0.3, -0.25) is 4.99 Å². The van der Waals surface area contributed by atoms with Gasteiger partial charge in [-0.25, -0.2) is 0 Å². The van der Waals surface area contributed by atoms with Gasteiger partial charge in [-0.2, -0.15) is 0 Å². The Morgan fingerprint density at radius 2 is 1.68 bits per heavy atom. The van der Waals surface area contributed by atoms with Crippen LogP contribution in [0, 0.1) is 0 Å². The van der Waals surface area contributed by atoms with Crippen molar-refractivity contribution in [2.45, 2.75) is 26.5 Å². The fourth-order valence-electron chi connectivity index (χ4n) is 2.34. The predicted octanol–water partition coefficient (Wildman–Crippen LogP) is 4.14. The molecule has 1 atom stereocenters. The fourth-order valence-corrected chi connectivity index (χ4v) is 2.34. The smallest absolute Gasteiger partial charge is 0.191 e. The lowest BCUT2D eigenvalue weighted by atomic mass is 10.1. The number of ether oxygens (including phenoxy) is 1. The molecule has 0 saturated heterocycles. The van der Waals surface area contributed by atoms with Crippen molar-refractivity contribution >= 4 is 29.9 Å². The number of hydrogen-bond donors (Lipinski definition) is 2. The molecule has 2 N–H and O–H groups in total. The highest BCUT2D eigenvalue weighted by atomic mass is 127. The molecule has 5 heteroatoms. The van der Waals surface area contributed by atoms with Crippen LogP contribution in [0.4, 0.5) is 0 Å². The van der Waals surface area contributed by atoms with E-state index in [1.807, 2.05) is 24.3 Å². The van der Waals surface area contributed by atoms with Gasteiger partial charge in [-0.05, 0) is 25.0 Å². The Balaban J connectivity index is 0.00000312. The zero-order valence-electron chi connectivity index (χ0n) is 14.9. The minimum absolute atomic E-state index is 0. The van der Waals surface area contributed by atoms with Gasteiger partial charge in [0.15, 0.2) is 5.96 Å². The lowest BCUT2D eigenvalue weighted by molar-refractivity contribution is 0.128. The number of hydrogen-bond acceptors (Lipinski definition) is 2. The summed E-state index contributed by atoms with van der Waals surface area (Å²) in [6.45, 7) is 6.89. The summed E-state index contributed by atoms with van der Waals surface area (Å²) in [5.74, 6) is 0.817. The summed E-state index contributed by atoms with van der Waals surface area (Å²) in [5.41, 5.74) is 2.42. The lowest BCUT2D eigenvalue weighted by Gasteiger charge is -2.18. The van der Waals surface area contributed by atoms with Crippen molar-refractivity contribution in [2.24, 2.45) is 4.99 Å². The van der Waals surface area contributed by atoms with Gasteiger partial charge in [-0.1, -0.05) is 60.7 Å². The number of rotatable bonds is 8. The first-order chi connectivity index (χ1) is 11.8. The maximum atomic E-state index is 5.68. The van der Waals surface area contributed by atoms with Gasteiger partial charge in [0.1, 0.15) is 0 Å². The third kappa shape index (κ3) is 8.36. The maximum absolute atomic E-state index is 5.68. The van der Waals surface area contributed by atoms with Crippen molar-refractivity contribution in [3.05, 3.63) is 71.8 Å². The molecule has 0 aliphatic carbocycles. The topological polar surface area (TPSA) is 45.7 Å². The minimum atomic E-state index is 0. The first kappa shape index (κ1) is 21.4. The third-order valence-electron chi connectivity index (χ3n) is 3.61. The molecular weight excluding hydrogens is 425 g/mol. The van der Waals surface area contributed by atoms with Crippen LogP contribution in [0.1, 0.15) is 31.0 Å². The summed E-state index contributed by atoms with van der Waals surface area (Å²) in [5, 5.41) is 6.70. The average Bonchev–Trinajstić information content (AvgIpc) is 2.63. The zero-order valence-corrected chi connectivity index (χ0v) is 17.3. The van der Waals surface area contributed by atoms with E-state index < -0.39 is 0 Å². The number of aliphatic imine (C=N–C) groups is 1. The van der Waals surface area contributed by atoms with Crippen molar-refractivity contribution in [1.29, 1.82) is 0 Å². The van der Waals surface area contributed by atoms with Gasteiger partial charge in [0.2, 0.25) is 0 Å². The quantitative estimate of drug-likeness (QED) is 0.274. The molecule has 0 amide bonds. The van der Waals surface area contributed by atoms with Gasteiger partial charge in [0, 0.05) is 6.54 Å². The molecule has 136 valence electrons. The van der Waals surface area contributed by atoms with E-state index in [0.29, 0.717) is 19.8 Å². The van der Waals surface area contributed by atoms with Gasteiger partial charge >= 0.3 is 0 Å². The highest BCUT2D eigenvalue weighted by Gasteiger charge is 2.06. The van der Waals surface area contributed by atoms with Gasteiger partial charge in [0.05, 0.1) is 25.8 Å². The van der Waals surface area contributed by atoms with E-state index in [1.54, 1.807) is 0 Å². The van der Waals surface area contributed by atoms with Crippen LogP contribution in [-0.4, -0.2) is 25.7 Å².